The number of hydrogen-bond donors (Lipinski definition) is 1. The van der Waals surface area contributed by atoms with Crippen molar-refractivity contribution in [2.75, 3.05) is 26.2 Å². The third kappa shape index (κ3) is 3.93. The van der Waals surface area contributed by atoms with Crippen molar-refractivity contribution in [3.8, 4) is 0 Å². The summed E-state index contributed by atoms with van der Waals surface area (Å²) in [6.45, 7) is 2.54. The first-order valence-electron chi connectivity index (χ1n) is 8.16. The highest BCUT2D eigenvalue weighted by molar-refractivity contribution is 7.91. The number of hydrogen-bond acceptors (Lipinski definition) is 5. The number of nitrogens with zero attached hydrogens (tertiary/aromatic N) is 2. The summed E-state index contributed by atoms with van der Waals surface area (Å²) in [7, 11) is -3.46. The molecule has 1 atom stereocenters. The van der Waals surface area contributed by atoms with Gasteiger partial charge in [-0.1, -0.05) is 12.5 Å². The maximum atomic E-state index is 12.6. The van der Waals surface area contributed by atoms with Crippen LogP contribution in [0.3, 0.4) is 0 Å². The molecule has 1 amide bonds. The maximum Gasteiger partial charge on any atom is 0.252 e. The van der Waals surface area contributed by atoms with Crippen LogP contribution in [0.5, 0.6) is 0 Å². The maximum absolute atomic E-state index is 12.6. The minimum absolute atomic E-state index is 0.0435. The molecule has 1 aromatic rings. The molecule has 0 aliphatic carbocycles. The number of sulfonamides is 1. The molecule has 128 valence electrons. The number of carbonyl (C=O) groups is 1. The number of thiophene rings is 1. The van der Waals surface area contributed by atoms with Gasteiger partial charge in [-0.05, 0) is 37.1 Å². The van der Waals surface area contributed by atoms with Crippen LogP contribution >= 0.6 is 11.3 Å². The van der Waals surface area contributed by atoms with Gasteiger partial charge in [-0.25, -0.2) is 13.4 Å². The largest absolute Gasteiger partial charge is 0.289 e. The predicted molar refractivity (Wildman–Crippen MR) is 89.4 cm³/mol. The van der Waals surface area contributed by atoms with Crippen LogP contribution in [0.2, 0.25) is 0 Å². The molecule has 3 rings (SSSR count). The Balaban J connectivity index is 1.62. The average Bonchev–Trinajstić information content (AvgIpc) is 3.11. The molecule has 8 heteroatoms. The van der Waals surface area contributed by atoms with Crippen molar-refractivity contribution in [3.63, 3.8) is 0 Å². The van der Waals surface area contributed by atoms with Crippen LogP contribution in [0.4, 0.5) is 0 Å². The molecule has 23 heavy (non-hydrogen) atoms. The first-order valence-corrected chi connectivity index (χ1v) is 10.5. The Hall–Kier alpha value is -0.960. The van der Waals surface area contributed by atoms with Gasteiger partial charge in [-0.2, -0.15) is 4.31 Å². The molecule has 0 spiro atoms. The molecule has 0 radical (unpaired) electrons. The highest BCUT2D eigenvalue weighted by Crippen LogP contribution is 2.26. The fourth-order valence-electron chi connectivity index (χ4n) is 3.17. The zero-order valence-electron chi connectivity index (χ0n) is 13.1. The first kappa shape index (κ1) is 16.9. The first-order chi connectivity index (χ1) is 11.1. The Kier molecular flexibility index (Phi) is 5.35. The van der Waals surface area contributed by atoms with Crippen LogP contribution in [0.25, 0.3) is 0 Å². The van der Waals surface area contributed by atoms with Crippen LogP contribution in [-0.2, 0) is 14.8 Å². The second-order valence-electron chi connectivity index (χ2n) is 6.16. The van der Waals surface area contributed by atoms with E-state index >= 15 is 0 Å². The number of hydrazine groups is 1. The lowest BCUT2D eigenvalue weighted by molar-refractivity contribution is -0.131. The van der Waals surface area contributed by atoms with E-state index in [4.69, 9.17) is 0 Å². The van der Waals surface area contributed by atoms with Gasteiger partial charge in [-0.15, -0.1) is 11.3 Å². The normalized spacial score (nSPS) is 24.4. The minimum Gasteiger partial charge on any atom is -0.289 e. The average molecular weight is 358 g/mol. The minimum atomic E-state index is -3.46. The molecular formula is C15H23N3O3S2. The molecular weight excluding hydrogens is 334 g/mol. The zero-order chi connectivity index (χ0) is 16.3. The third-order valence-electron chi connectivity index (χ3n) is 4.47. The number of carbonyl (C=O) groups excluding carboxylic acids is 1. The standard InChI is InChI=1S/C15H23N3O3S2/c19-15(16-17-8-2-1-3-9-17)13-6-4-10-18(12-13)23(20,21)14-7-5-11-22-14/h5,7,11,13H,1-4,6,8-10,12H2,(H,16,19)/t13-/m1/s1. The van der Waals surface area contributed by atoms with Crippen molar-refractivity contribution in [3.05, 3.63) is 17.5 Å². The van der Waals surface area contributed by atoms with Crippen LogP contribution in [-0.4, -0.2) is 49.8 Å². The van der Waals surface area contributed by atoms with E-state index in [1.54, 1.807) is 17.5 Å². The lowest BCUT2D eigenvalue weighted by Crippen LogP contribution is -2.51. The van der Waals surface area contributed by atoms with E-state index in [1.165, 1.54) is 22.1 Å². The van der Waals surface area contributed by atoms with Gasteiger partial charge in [-0.3, -0.25) is 10.2 Å². The van der Waals surface area contributed by atoms with Crippen molar-refractivity contribution < 1.29 is 13.2 Å². The second kappa shape index (κ2) is 7.29. The molecule has 2 aliphatic rings. The fraction of sp³-hybridized carbons (Fsp3) is 0.667. The van der Waals surface area contributed by atoms with Gasteiger partial charge in [0.1, 0.15) is 4.21 Å². The van der Waals surface area contributed by atoms with Crippen LogP contribution in [0.1, 0.15) is 32.1 Å². The van der Waals surface area contributed by atoms with Gasteiger partial charge in [0.25, 0.3) is 10.0 Å². The number of piperidine rings is 2. The van der Waals surface area contributed by atoms with E-state index < -0.39 is 10.0 Å². The Morgan fingerprint density at radius 2 is 1.96 bits per heavy atom. The molecule has 0 unspecified atom stereocenters. The zero-order valence-corrected chi connectivity index (χ0v) is 14.7. The third-order valence-corrected chi connectivity index (χ3v) is 7.71. The SMILES string of the molecule is O=C(NN1CCCCC1)[C@@H]1CCCN(S(=O)(=O)c2cccs2)C1. The molecule has 1 N–H and O–H groups in total. The molecule has 6 nitrogen and oxygen atoms in total. The molecule has 3 heterocycles. The smallest absolute Gasteiger partial charge is 0.252 e. The summed E-state index contributed by atoms with van der Waals surface area (Å²) in [6.07, 6.45) is 4.88. The lowest BCUT2D eigenvalue weighted by Gasteiger charge is -2.33. The van der Waals surface area contributed by atoms with Gasteiger partial charge >= 0.3 is 0 Å². The van der Waals surface area contributed by atoms with Crippen LogP contribution in [0.15, 0.2) is 21.7 Å². The number of rotatable bonds is 4. The Labute approximate surface area is 141 Å². The highest BCUT2D eigenvalue weighted by atomic mass is 32.2. The molecule has 0 aromatic carbocycles. The van der Waals surface area contributed by atoms with Gasteiger partial charge in [0.15, 0.2) is 0 Å². The fourth-order valence-corrected chi connectivity index (χ4v) is 5.83. The van der Waals surface area contributed by atoms with Crippen LogP contribution in [0, 0.1) is 5.92 Å². The topological polar surface area (TPSA) is 69.7 Å². The quantitative estimate of drug-likeness (QED) is 0.890. The number of amides is 1. The van der Waals surface area contributed by atoms with E-state index in [0.717, 1.165) is 38.8 Å². The molecule has 2 fully saturated rings. The second-order valence-corrected chi connectivity index (χ2v) is 9.27. The van der Waals surface area contributed by atoms with E-state index in [9.17, 15) is 13.2 Å². The summed E-state index contributed by atoms with van der Waals surface area (Å²) in [5.74, 6) is -0.307. The Morgan fingerprint density at radius 1 is 1.17 bits per heavy atom. The molecule has 1 aromatic heterocycles. The van der Waals surface area contributed by atoms with E-state index in [1.807, 2.05) is 5.01 Å². The molecule has 2 saturated heterocycles. The lowest BCUT2D eigenvalue weighted by atomic mass is 9.99. The van der Waals surface area contributed by atoms with E-state index in [0.29, 0.717) is 10.8 Å². The molecule has 0 saturated carbocycles. The van der Waals surface area contributed by atoms with Crippen LogP contribution < -0.4 is 5.43 Å². The number of nitrogens with one attached hydrogen (secondary N) is 1. The summed E-state index contributed by atoms with van der Waals surface area (Å²) in [5.41, 5.74) is 2.97. The summed E-state index contributed by atoms with van der Waals surface area (Å²) in [4.78, 5) is 12.5. The summed E-state index contributed by atoms with van der Waals surface area (Å²) < 4.78 is 27.0. The molecule has 0 bridgehead atoms. The summed E-state index contributed by atoms with van der Waals surface area (Å²) in [6, 6.07) is 3.36. The highest BCUT2D eigenvalue weighted by Gasteiger charge is 2.34. The van der Waals surface area contributed by atoms with Gasteiger partial charge in [0.2, 0.25) is 5.91 Å². The van der Waals surface area contributed by atoms with Crippen molar-refractivity contribution in [2.24, 2.45) is 5.92 Å². The van der Waals surface area contributed by atoms with E-state index in [-0.39, 0.29) is 18.4 Å². The predicted octanol–water partition coefficient (Wildman–Crippen LogP) is 1.67. The van der Waals surface area contributed by atoms with Gasteiger partial charge in [0.05, 0.1) is 5.92 Å². The van der Waals surface area contributed by atoms with Gasteiger partial charge in [0, 0.05) is 26.2 Å². The Bertz CT molecular complexity index is 624. The summed E-state index contributed by atoms with van der Waals surface area (Å²) in [5, 5.41) is 3.73. The van der Waals surface area contributed by atoms with Gasteiger partial charge < -0.3 is 0 Å². The monoisotopic (exact) mass is 357 g/mol. The van der Waals surface area contributed by atoms with E-state index in [2.05, 4.69) is 5.43 Å². The van der Waals surface area contributed by atoms with Crippen molar-refractivity contribution in [1.82, 2.24) is 14.7 Å². The molecule has 2 aliphatic heterocycles. The van der Waals surface area contributed by atoms with Crippen molar-refractivity contribution in [1.29, 1.82) is 0 Å². The summed E-state index contributed by atoms with van der Waals surface area (Å²) >= 11 is 1.22. The van der Waals surface area contributed by atoms with Crippen molar-refractivity contribution >= 4 is 27.3 Å². The Morgan fingerprint density at radius 3 is 2.65 bits per heavy atom. The van der Waals surface area contributed by atoms with Crippen molar-refractivity contribution in [2.45, 2.75) is 36.3 Å².